The molecule has 0 bridgehead atoms. The second-order valence-corrected chi connectivity index (χ2v) is 4.74. The van der Waals surface area contributed by atoms with E-state index in [2.05, 4.69) is 15.1 Å². The Morgan fingerprint density at radius 3 is 2.76 bits per heavy atom. The lowest BCUT2D eigenvalue weighted by Gasteiger charge is -2.04. The minimum Gasteiger partial charge on any atom is -0.298 e. The first-order chi connectivity index (χ1) is 10.3. The van der Waals surface area contributed by atoms with Crippen molar-refractivity contribution in [2.45, 2.75) is 13.0 Å². The smallest absolute Gasteiger partial charge is 0.150 e. The van der Waals surface area contributed by atoms with Crippen LogP contribution in [0.3, 0.4) is 0 Å². The lowest BCUT2D eigenvalue weighted by Crippen LogP contribution is -2.02. The zero-order chi connectivity index (χ0) is 14.5. The zero-order valence-electron chi connectivity index (χ0n) is 11.4. The van der Waals surface area contributed by atoms with Gasteiger partial charge in [0.15, 0.2) is 0 Å². The normalized spacial score (nSPS) is 10.5. The average Bonchev–Trinajstić information content (AvgIpc) is 3.02. The van der Waals surface area contributed by atoms with E-state index < -0.39 is 0 Å². The highest BCUT2D eigenvalue weighted by Gasteiger charge is 2.01. The molecular formula is C16H14N4O. The average molecular weight is 278 g/mol. The van der Waals surface area contributed by atoms with Gasteiger partial charge >= 0.3 is 0 Å². The van der Waals surface area contributed by atoms with E-state index in [-0.39, 0.29) is 0 Å². The van der Waals surface area contributed by atoms with Crippen LogP contribution in [0.5, 0.6) is 0 Å². The van der Waals surface area contributed by atoms with Crippen LogP contribution in [0.1, 0.15) is 27.3 Å². The number of rotatable bonds is 5. The summed E-state index contributed by atoms with van der Waals surface area (Å²) >= 11 is 0. The number of carbonyl (C=O) groups excluding carboxylic acids is 1. The first-order valence-electron chi connectivity index (χ1n) is 6.65. The molecular weight excluding hydrogens is 264 g/mol. The van der Waals surface area contributed by atoms with Crippen LogP contribution in [0.4, 0.5) is 0 Å². The second-order valence-electron chi connectivity index (χ2n) is 4.74. The molecule has 3 rings (SSSR count). The highest BCUT2D eigenvalue weighted by atomic mass is 16.1. The van der Waals surface area contributed by atoms with Gasteiger partial charge in [0.1, 0.15) is 6.29 Å². The number of aldehydes is 1. The molecule has 0 amide bonds. The van der Waals surface area contributed by atoms with Crippen LogP contribution in [0.2, 0.25) is 0 Å². The van der Waals surface area contributed by atoms with Gasteiger partial charge in [0.05, 0.1) is 12.2 Å². The SMILES string of the molecule is O=Cc1ccnc(Cc2ccc(Cn3cccn3)nc2)c1. The molecule has 5 heteroatoms. The Balaban J connectivity index is 1.70. The standard InChI is InChI=1S/C16H14N4O/c21-12-14-4-6-17-16(9-14)8-13-2-3-15(18-10-13)11-20-7-1-5-19-20/h1-7,9-10,12H,8,11H2. The van der Waals surface area contributed by atoms with Crippen molar-refractivity contribution in [1.29, 1.82) is 0 Å². The molecule has 0 aliphatic rings. The fourth-order valence-electron chi connectivity index (χ4n) is 2.09. The molecule has 3 aromatic heterocycles. The maximum Gasteiger partial charge on any atom is 0.150 e. The highest BCUT2D eigenvalue weighted by Crippen LogP contribution is 2.09. The van der Waals surface area contributed by atoms with Crippen molar-refractivity contribution < 1.29 is 4.79 Å². The van der Waals surface area contributed by atoms with E-state index in [0.29, 0.717) is 18.5 Å². The summed E-state index contributed by atoms with van der Waals surface area (Å²) in [5, 5.41) is 4.15. The number of nitrogens with zero attached hydrogens (tertiary/aromatic N) is 4. The van der Waals surface area contributed by atoms with Crippen molar-refractivity contribution in [2.24, 2.45) is 0 Å². The summed E-state index contributed by atoms with van der Waals surface area (Å²) in [5.74, 6) is 0. The van der Waals surface area contributed by atoms with E-state index in [9.17, 15) is 4.79 Å². The summed E-state index contributed by atoms with van der Waals surface area (Å²) in [4.78, 5) is 19.5. The Labute approximate surface area is 122 Å². The first-order valence-corrected chi connectivity index (χ1v) is 6.65. The minimum atomic E-state index is 0.642. The van der Waals surface area contributed by atoms with E-state index in [1.807, 2.05) is 35.3 Å². The Hall–Kier alpha value is -2.82. The van der Waals surface area contributed by atoms with Gasteiger partial charge in [-0.2, -0.15) is 5.10 Å². The molecule has 5 nitrogen and oxygen atoms in total. The number of hydrogen-bond donors (Lipinski definition) is 0. The van der Waals surface area contributed by atoms with Gasteiger partial charge in [0.2, 0.25) is 0 Å². The molecule has 3 aromatic rings. The predicted molar refractivity (Wildman–Crippen MR) is 78.0 cm³/mol. The van der Waals surface area contributed by atoms with Gasteiger partial charge < -0.3 is 0 Å². The van der Waals surface area contributed by atoms with Crippen molar-refractivity contribution >= 4 is 6.29 Å². The van der Waals surface area contributed by atoms with Gasteiger partial charge in [0.25, 0.3) is 0 Å². The van der Waals surface area contributed by atoms with Gasteiger partial charge in [-0.15, -0.1) is 0 Å². The lowest BCUT2D eigenvalue weighted by atomic mass is 10.1. The summed E-state index contributed by atoms with van der Waals surface area (Å²) in [5.41, 5.74) is 3.52. The number of pyridine rings is 2. The maximum atomic E-state index is 10.8. The Bertz CT molecular complexity index is 720. The minimum absolute atomic E-state index is 0.642. The molecule has 0 aliphatic heterocycles. The van der Waals surface area contributed by atoms with Crippen LogP contribution in [-0.2, 0) is 13.0 Å². The van der Waals surface area contributed by atoms with Gasteiger partial charge in [0, 0.05) is 42.5 Å². The first kappa shape index (κ1) is 13.2. The van der Waals surface area contributed by atoms with E-state index in [1.54, 1.807) is 24.5 Å². The number of hydrogen-bond acceptors (Lipinski definition) is 4. The molecule has 0 radical (unpaired) electrons. The molecule has 0 spiro atoms. The molecule has 104 valence electrons. The fraction of sp³-hybridized carbons (Fsp3) is 0.125. The maximum absolute atomic E-state index is 10.8. The zero-order valence-corrected chi connectivity index (χ0v) is 11.4. The fourth-order valence-corrected chi connectivity index (χ4v) is 2.09. The van der Waals surface area contributed by atoms with Crippen molar-refractivity contribution in [3.05, 3.63) is 77.6 Å². The molecule has 0 N–H and O–H groups in total. The molecule has 0 atom stereocenters. The van der Waals surface area contributed by atoms with Crippen LogP contribution in [0, 0.1) is 0 Å². The molecule has 0 fully saturated rings. The van der Waals surface area contributed by atoms with Crippen molar-refractivity contribution in [2.75, 3.05) is 0 Å². The van der Waals surface area contributed by atoms with E-state index in [0.717, 1.165) is 23.2 Å². The van der Waals surface area contributed by atoms with Crippen LogP contribution in [0.15, 0.2) is 55.1 Å². The lowest BCUT2D eigenvalue weighted by molar-refractivity contribution is 0.112. The summed E-state index contributed by atoms with van der Waals surface area (Å²) in [6, 6.07) is 9.40. The summed E-state index contributed by atoms with van der Waals surface area (Å²) in [6.45, 7) is 0.659. The Morgan fingerprint density at radius 2 is 2.05 bits per heavy atom. The van der Waals surface area contributed by atoms with E-state index in [4.69, 9.17) is 0 Å². The molecule has 21 heavy (non-hydrogen) atoms. The summed E-state index contributed by atoms with van der Waals surface area (Å²) < 4.78 is 1.83. The third-order valence-corrected chi connectivity index (χ3v) is 3.13. The summed E-state index contributed by atoms with van der Waals surface area (Å²) in [6.07, 6.45) is 8.64. The molecule has 0 saturated carbocycles. The van der Waals surface area contributed by atoms with Crippen LogP contribution < -0.4 is 0 Å². The molecule has 0 aliphatic carbocycles. The molecule has 3 heterocycles. The third kappa shape index (κ3) is 3.39. The summed E-state index contributed by atoms with van der Waals surface area (Å²) in [7, 11) is 0. The van der Waals surface area contributed by atoms with Crippen LogP contribution in [-0.4, -0.2) is 26.0 Å². The van der Waals surface area contributed by atoms with Crippen LogP contribution in [0.25, 0.3) is 0 Å². The largest absolute Gasteiger partial charge is 0.298 e. The molecule has 0 unspecified atom stereocenters. The monoisotopic (exact) mass is 278 g/mol. The quantitative estimate of drug-likeness (QED) is 0.671. The van der Waals surface area contributed by atoms with Gasteiger partial charge in [-0.05, 0) is 29.8 Å². The van der Waals surface area contributed by atoms with E-state index in [1.165, 1.54) is 0 Å². The third-order valence-electron chi connectivity index (χ3n) is 3.13. The highest BCUT2D eigenvalue weighted by molar-refractivity contribution is 5.74. The second kappa shape index (κ2) is 6.09. The molecule has 0 aromatic carbocycles. The number of carbonyl (C=O) groups is 1. The topological polar surface area (TPSA) is 60.7 Å². The van der Waals surface area contributed by atoms with Crippen LogP contribution >= 0.6 is 0 Å². The Morgan fingerprint density at radius 1 is 1.10 bits per heavy atom. The van der Waals surface area contributed by atoms with Gasteiger partial charge in [-0.25, -0.2) is 0 Å². The van der Waals surface area contributed by atoms with Crippen molar-refractivity contribution in [1.82, 2.24) is 19.7 Å². The number of aromatic nitrogens is 4. The van der Waals surface area contributed by atoms with Gasteiger partial charge in [-0.3, -0.25) is 19.4 Å². The van der Waals surface area contributed by atoms with Crippen molar-refractivity contribution in [3.8, 4) is 0 Å². The van der Waals surface area contributed by atoms with Crippen molar-refractivity contribution in [3.63, 3.8) is 0 Å². The predicted octanol–water partition coefficient (Wildman–Crippen LogP) is 2.12. The van der Waals surface area contributed by atoms with E-state index >= 15 is 0 Å². The molecule has 0 saturated heterocycles. The van der Waals surface area contributed by atoms with Gasteiger partial charge in [-0.1, -0.05) is 6.07 Å². The Kier molecular flexibility index (Phi) is 3.82.